The predicted octanol–water partition coefficient (Wildman–Crippen LogP) is -0.0854. The second-order valence-corrected chi connectivity index (χ2v) is 6.61. The molecule has 0 atom stereocenters. The van der Waals surface area contributed by atoms with Crippen LogP contribution in [0.25, 0.3) is 0 Å². The molecule has 0 aromatic rings. The maximum absolute atomic E-state index is 11.5. The van der Waals surface area contributed by atoms with E-state index in [1.54, 1.807) is 4.31 Å². The summed E-state index contributed by atoms with van der Waals surface area (Å²) in [6.45, 7) is 2.36. The van der Waals surface area contributed by atoms with Gasteiger partial charge in [-0.3, -0.25) is 0 Å². The van der Waals surface area contributed by atoms with Gasteiger partial charge in [0.15, 0.2) is 0 Å². The zero-order valence-electron chi connectivity index (χ0n) is 9.78. The standard InChI is InChI=1S/C10H21N3O2S/c1-11-16(14,15)13-6-4-9(5-7-13)8-12-10-2-3-10/h9-12H,2-8H2,1H3. The fourth-order valence-electron chi connectivity index (χ4n) is 2.10. The van der Waals surface area contributed by atoms with E-state index in [-0.39, 0.29) is 0 Å². The number of piperidine rings is 1. The molecule has 0 amide bonds. The molecule has 6 heteroatoms. The van der Waals surface area contributed by atoms with Gasteiger partial charge in [0.2, 0.25) is 0 Å². The van der Waals surface area contributed by atoms with Crippen molar-refractivity contribution >= 4 is 10.2 Å². The third-order valence-corrected chi connectivity index (χ3v) is 5.00. The smallest absolute Gasteiger partial charge is 0.279 e. The Balaban J connectivity index is 1.73. The minimum atomic E-state index is -3.20. The maximum Gasteiger partial charge on any atom is 0.279 e. The Bertz CT molecular complexity index is 319. The lowest BCUT2D eigenvalue weighted by Gasteiger charge is -2.30. The Morgan fingerprint density at radius 1 is 1.19 bits per heavy atom. The highest BCUT2D eigenvalue weighted by Gasteiger charge is 2.28. The molecule has 16 heavy (non-hydrogen) atoms. The molecule has 0 radical (unpaired) electrons. The molecular weight excluding hydrogens is 226 g/mol. The summed E-state index contributed by atoms with van der Waals surface area (Å²) in [5.74, 6) is 0.643. The van der Waals surface area contributed by atoms with Crippen molar-refractivity contribution in [1.29, 1.82) is 0 Å². The van der Waals surface area contributed by atoms with Crippen molar-refractivity contribution in [2.45, 2.75) is 31.7 Å². The Kier molecular flexibility index (Phi) is 3.84. The van der Waals surface area contributed by atoms with Gasteiger partial charge in [-0.15, -0.1) is 0 Å². The Morgan fingerprint density at radius 2 is 1.81 bits per heavy atom. The number of nitrogens with one attached hydrogen (secondary N) is 2. The molecule has 1 heterocycles. The topological polar surface area (TPSA) is 61.4 Å². The van der Waals surface area contributed by atoms with E-state index in [1.165, 1.54) is 19.9 Å². The lowest BCUT2D eigenvalue weighted by Crippen LogP contribution is -2.45. The van der Waals surface area contributed by atoms with E-state index < -0.39 is 10.2 Å². The van der Waals surface area contributed by atoms with E-state index in [9.17, 15) is 8.42 Å². The predicted molar refractivity (Wildman–Crippen MR) is 63.3 cm³/mol. The summed E-state index contributed by atoms with van der Waals surface area (Å²) < 4.78 is 27.0. The van der Waals surface area contributed by atoms with Crippen LogP contribution in [-0.2, 0) is 10.2 Å². The number of rotatable bonds is 5. The number of nitrogens with zero attached hydrogens (tertiary/aromatic N) is 1. The highest BCUT2D eigenvalue weighted by Crippen LogP contribution is 2.22. The molecule has 1 saturated heterocycles. The van der Waals surface area contributed by atoms with Gasteiger partial charge in [-0.05, 0) is 38.1 Å². The van der Waals surface area contributed by atoms with Crippen molar-refractivity contribution in [2.24, 2.45) is 5.92 Å². The summed E-state index contributed by atoms with van der Waals surface area (Å²) in [6.07, 6.45) is 4.57. The monoisotopic (exact) mass is 247 g/mol. The SMILES string of the molecule is CNS(=O)(=O)N1CCC(CNC2CC2)CC1. The van der Waals surface area contributed by atoms with Crippen LogP contribution < -0.4 is 10.0 Å². The van der Waals surface area contributed by atoms with E-state index >= 15 is 0 Å². The van der Waals surface area contributed by atoms with Gasteiger partial charge < -0.3 is 5.32 Å². The van der Waals surface area contributed by atoms with E-state index in [4.69, 9.17) is 0 Å². The first kappa shape index (κ1) is 12.3. The van der Waals surface area contributed by atoms with Crippen molar-refractivity contribution in [3.05, 3.63) is 0 Å². The van der Waals surface area contributed by atoms with Crippen LogP contribution in [0.1, 0.15) is 25.7 Å². The van der Waals surface area contributed by atoms with Gasteiger partial charge in [-0.1, -0.05) is 0 Å². The fourth-order valence-corrected chi connectivity index (χ4v) is 3.05. The highest BCUT2D eigenvalue weighted by atomic mass is 32.2. The average Bonchev–Trinajstić information content (AvgIpc) is 3.11. The molecule has 2 aliphatic rings. The zero-order valence-corrected chi connectivity index (χ0v) is 10.6. The number of hydrogen-bond donors (Lipinski definition) is 2. The van der Waals surface area contributed by atoms with Gasteiger partial charge in [0.1, 0.15) is 0 Å². The third kappa shape index (κ3) is 3.16. The largest absolute Gasteiger partial charge is 0.314 e. The van der Waals surface area contributed by atoms with E-state index in [1.807, 2.05) is 0 Å². The summed E-state index contributed by atoms with van der Waals surface area (Å²) in [7, 11) is -1.73. The molecule has 2 fully saturated rings. The van der Waals surface area contributed by atoms with Gasteiger partial charge >= 0.3 is 0 Å². The quantitative estimate of drug-likeness (QED) is 0.714. The first-order chi connectivity index (χ1) is 7.62. The molecule has 94 valence electrons. The second kappa shape index (κ2) is 5.00. The van der Waals surface area contributed by atoms with Crippen molar-refractivity contribution < 1.29 is 8.42 Å². The summed E-state index contributed by atoms with van der Waals surface area (Å²) in [4.78, 5) is 0. The lowest BCUT2D eigenvalue weighted by molar-refractivity contribution is 0.265. The lowest BCUT2D eigenvalue weighted by atomic mass is 9.98. The van der Waals surface area contributed by atoms with Gasteiger partial charge in [0.05, 0.1) is 0 Å². The highest BCUT2D eigenvalue weighted by molar-refractivity contribution is 7.87. The number of hydrogen-bond acceptors (Lipinski definition) is 3. The Labute approximate surface area is 97.8 Å². The van der Waals surface area contributed by atoms with Gasteiger partial charge in [-0.25, -0.2) is 4.72 Å². The fraction of sp³-hybridized carbons (Fsp3) is 1.00. The molecule has 0 spiro atoms. The van der Waals surface area contributed by atoms with E-state index in [2.05, 4.69) is 10.0 Å². The van der Waals surface area contributed by atoms with Crippen LogP contribution in [0.3, 0.4) is 0 Å². The van der Waals surface area contributed by atoms with E-state index in [0.717, 1.165) is 25.4 Å². The molecular formula is C10H21N3O2S. The van der Waals surface area contributed by atoms with Crippen molar-refractivity contribution in [2.75, 3.05) is 26.7 Å². The van der Waals surface area contributed by atoms with Crippen LogP contribution in [-0.4, -0.2) is 45.4 Å². The average molecular weight is 247 g/mol. The van der Waals surface area contributed by atoms with Gasteiger partial charge in [-0.2, -0.15) is 12.7 Å². The Hall–Kier alpha value is -0.170. The molecule has 0 aromatic carbocycles. The maximum atomic E-state index is 11.5. The normalized spacial score (nSPS) is 24.8. The van der Waals surface area contributed by atoms with Crippen LogP contribution in [0.4, 0.5) is 0 Å². The molecule has 2 rings (SSSR count). The Morgan fingerprint density at radius 3 is 2.31 bits per heavy atom. The van der Waals surface area contributed by atoms with Crippen molar-refractivity contribution in [3.8, 4) is 0 Å². The molecule has 0 aromatic heterocycles. The van der Waals surface area contributed by atoms with Crippen molar-refractivity contribution in [1.82, 2.24) is 14.3 Å². The molecule has 0 bridgehead atoms. The second-order valence-electron chi connectivity index (χ2n) is 4.73. The summed E-state index contributed by atoms with van der Waals surface area (Å²) in [5.41, 5.74) is 0. The first-order valence-corrected chi connectivity index (χ1v) is 7.48. The molecule has 5 nitrogen and oxygen atoms in total. The summed E-state index contributed by atoms with van der Waals surface area (Å²) in [5, 5.41) is 3.51. The summed E-state index contributed by atoms with van der Waals surface area (Å²) in [6, 6.07) is 0.749. The van der Waals surface area contributed by atoms with Crippen LogP contribution in [0, 0.1) is 5.92 Å². The van der Waals surface area contributed by atoms with Crippen LogP contribution >= 0.6 is 0 Å². The third-order valence-electron chi connectivity index (χ3n) is 3.44. The summed E-state index contributed by atoms with van der Waals surface area (Å²) >= 11 is 0. The minimum absolute atomic E-state index is 0.643. The van der Waals surface area contributed by atoms with Crippen LogP contribution in [0.5, 0.6) is 0 Å². The van der Waals surface area contributed by atoms with Gasteiger partial charge in [0.25, 0.3) is 10.2 Å². The van der Waals surface area contributed by atoms with Crippen molar-refractivity contribution in [3.63, 3.8) is 0 Å². The minimum Gasteiger partial charge on any atom is -0.314 e. The zero-order chi connectivity index (χ0) is 11.6. The first-order valence-electron chi connectivity index (χ1n) is 6.04. The molecule has 1 saturated carbocycles. The molecule has 0 unspecified atom stereocenters. The van der Waals surface area contributed by atoms with Gasteiger partial charge in [0, 0.05) is 26.2 Å². The van der Waals surface area contributed by atoms with E-state index in [0.29, 0.717) is 19.0 Å². The van der Waals surface area contributed by atoms with Crippen LogP contribution in [0.15, 0.2) is 0 Å². The molecule has 2 N–H and O–H groups in total. The molecule has 1 aliphatic carbocycles. The molecule has 1 aliphatic heterocycles. The van der Waals surface area contributed by atoms with Crippen LogP contribution in [0.2, 0.25) is 0 Å².